The quantitative estimate of drug-likeness (QED) is 0.750. The molecule has 1 aromatic rings. The molecule has 0 saturated carbocycles. The first kappa shape index (κ1) is 17.2. The smallest absolute Gasteiger partial charge is 0.313 e. The second kappa shape index (κ2) is 6.72. The lowest BCUT2D eigenvalue weighted by molar-refractivity contribution is -0.142. The highest BCUT2D eigenvalue weighted by Gasteiger charge is 2.29. The molecule has 0 spiro atoms. The van der Waals surface area contributed by atoms with Crippen LogP contribution >= 0.6 is 0 Å². The van der Waals surface area contributed by atoms with E-state index in [-0.39, 0.29) is 5.91 Å². The first-order valence-corrected chi connectivity index (χ1v) is 7.05. The van der Waals surface area contributed by atoms with Crippen molar-refractivity contribution in [3.8, 4) is 0 Å². The fourth-order valence-electron chi connectivity index (χ4n) is 1.94. The molecule has 0 saturated heterocycles. The molecular formula is C16H24N2O3. The second-order valence-electron chi connectivity index (χ2n) is 6.23. The zero-order chi connectivity index (χ0) is 16.2. The molecule has 0 aromatic heterocycles. The molecular weight excluding hydrogens is 268 g/mol. The number of carboxylic acid groups (broad SMARTS) is 1. The van der Waals surface area contributed by atoms with Gasteiger partial charge in [-0.2, -0.15) is 0 Å². The molecule has 1 amide bonds. The van der Waals surface area contributed by atoms with Crippen LogP contribution in [0.4, 0.5) is 5.69 Å². The summed E-state index contributed by atoms with van der Waals surface area (Å²) in [6.45, 7) is 7.30. The van der Waals surface area contributed by atoms with E-state index < -0.39 is 17.4 Å². The Labute approximate surface area is 125 Å². The minimum Gasteiger partial charge on any atom is -0.481 e. The Kier molecular flexibility index (Phi) is 5.49. The van der Waals surface area contributed by atoms with Crippen LogP contribution in [0.15, 0.2) is 24.3 Å². The van der Waals surface area contributed by atoms with E-state index in [9.17, 15) is 14.7 Å². The first-order chi connectivity index (χ1) is 9.64. The van der Waals surface area contributed by atoms with Gasteiger partial charge in [0.2, 0.25) is 5.91 Å². The largest absolute Gasteiger partial charge is 0.481 e. The molecule has 4 N–H and O–H groups in total. The van der Waals surface area contributed by atoms with Gasteiger partial charge in [-0.3, -0.25) is 9.59 Å². The predicted octanol–water partition coefficient (Wildman–Crippen LogP) is 2.36. The fourth-order valence-corrected chi connectivity index (χ4v) is 1.94. The summed E-state index contributed by atoms with van der Waals surface area (Å²) < 4.78 is 0. The molecule has 0 heterocycles. The summed E-state index contributed by atoms with van der Waals surface area (Å²) in [5.41, 5.74) is 6.15. The van der Waals surface area contributed by atoms with Crippen LogP contribution in [0.1, 0.15) is 39.7 Å². The zero-order valence-corrected chi connectivity index (χ0v) is 13.0. The van der Waals surface area contributed by atoms with Gasteiger partial charge in [0.15, 0.2) is 0 Å². The third-order valence-corrected chi connectivity index (χ3v) is 3.47. The molecule has 0 radical (unpaired) electrons. The average molecular weight is 292 g/mol. The van der Waals surface area contributed by atoms with Crippen LogP contribution in [0.5, 0.6) is 0 Å². The SMILES string of the molecule is CC(C)CC(N)C(=O)Nc1ccc(C(C)(C)C(=O)O)cc1. The molecule has 0 fully saturated rings. The Morgan fingerprint density at radius 1 is 1.24 bits per heavy atom. The maximum atomic E-state index is 11.9. The summed E-state index contributed by atoms with van der Waals surface area (Å²) in [5.74, 6) is -0.767. The van der Waals surface area contributed by atoms with Crippen LogP contribution in [0.25, 0.3) is 0 Å². The van der Waals surface area contributed by atoms with Gasteiger partial charge in [0.05, 0.1) is 11.5 Å². The third kappa shape index (κ3) is 4.56. The lowest BCUT2D eigenvalue weighted by Crippen LogP contribution is -2.36. The fraction of sp³-hybridized carbons (Fsp3) is 0.500. The molecule has 5 heteroatoms. The van der Waals surface area contributed by atoms with Crippen molar-refractivity contribution in [1.29, 1.82) is 0 Å². The van der Waals surface area contributed by atoms with Gasteiger partial charge in [-0.15, -0.1) is 0 Å². The van der Waals surface area contributed by atoms with Gasteiger partial charge in [0.1, 0.15) is 0 Å². The molecule has 0 aliphatic carbocycles. The summed E-state index contributed by atoms with van der Waals surface area (Å²) in [4.78, 5) is 23.1. The van der Waals surface area contributed by atoms with Gasteiger partial charge in [-0.25, -0.2) is 0 Å². The number of hydrogen-bond acceptors (Lipinski definition) is 3. The first-order valence-electron chi connectivity index (χ1n) is 7.05. The number of rotatable bonds is 6. The molecule has 1 unspecified atom stereocenters. The van der Waals surface area contributed by atoms with Crippen molar-refractivity contribution in [2.24, 2.45) is 11.7 Å². The van der Waals surface area contributed by atoms with Crippen LogP contribution in [0, 0.1) is 5.92 Å². The van der Waals surface area contributed by atoms with Crippen molar-refractivity contribution >= 4 is 17.6 Å². The van der Waals surface area contributed by atoms with E-state index in [2.05, 4.69) is 5.32 Å². The number of carbonyl (C=O) groups is 2. The van der Waals surface area contributed by atoms with Gasteiger partial charge in [-0.05, 0) is 43.9 Å². The molecule has 1 atom stereocenters. The Balaban J connectivity index is 2.76. The number of aliphatic carboxylic acids is 1. The summed E-state index contributed by atoms with van der Waals surface area (Å²) in [5, 5.41) is 11.9. The maximum Gasteiger partial charge on any atom is 0.313 e. The number of benzene rings is 1. The monoisotopic (exact) mass is 292 g/mol. The highest BCUT2D eigenvalue weighted by atomic mass is 16.4. The molecule has 0 bridgehead atoms. The molecule has 21 heavy (non-hydrogen) atoms. The second-order valence-corrected chi connectivity index (χ2v) is 6.23. The number of nitrogens with one attached hydrogen (secondary N) is 1. The van der Waals surface area contributed by atoms with Crippen molar-refractivity contribution in [3.63, 3.8) is 0 Å². The van der Waals surface area contributed by atoms with Gasteiger partial charge in [0.25, 0.3) is 0 Å². The van der Waals surface area contributed by atoms with E-state index in [4.69, 9.17) is 5.73 Å². The molecule has 116 valence electrons. The topological polar surface area (TPSA) is 92.4 Å². The zero-order valence-electron chi connectivity index (χ0n) is 13.0. The van der Waals surface area contributed by atoms with E-state index in [1.807, 2.05) is 13.8 Å². The maximum absolute atomic E-state index is 11.9. The van der Waals surface area contributed by atoms with Crippen molar-refractivity contribution in [1.82, 2.24) is 0 Å². The van der Waals surface area contributed by atoms with Gasteiger partial charge in [-0.1, -0.05) is 26.0 Å². The van der Waals surface area contributed by atoms with E-state index in [0.29, 0.717) is 23.6 Å². The minimum atomic E-state index is -0.962. The third-order valence-electron chi connectivity index (χ3n) is 3.47. The highest BCUT2D eigenvalue weighted by Crippen LogP contribution is 2.24. The lowest BCUT2D eigenvalue weighted by atomic mass is 9.85. The summed E-state index contributed by atoms with van der Waals surface area (Å²) >= 11 is 0. The van der Waals surface area contributed by atoms with Crippen LogP contribution in [0.3, 0.4) is 0 Å². The number of hydrogen-bond donors (Lipinski definition) is 3. The standard InChI is InChI=1S/C16H24N2O3/c1-10(2)9-13(17)14(19)18-12-7-5-11(6-8-12)16(3,4)15(20)21/h5-8,10,13H,9,17H2,1-4H3,(H,18,19)(H,20,21). The van der Waals surface area contributed by atoms with Crippen LogP contribution < -0.4 is 11.1 Å². The Morgan fingerprint density at radius 2 is 1.76 bits per heavy atom. The Bertz CT molecular complexity index is 507. The predicted molar refractivity (Wildman–Crippen MR) is 83.2 cm³/mol. The summed E-state index contributed by atoms with van der Waals surface area (Å²) in [6.07, 6.45) is 0.621. The molecule has 0 aliphatic heterocycles. The lowest BCUT2D eigenvalue weighted by Gasteiger charge is -2.20. The van der Waals surface area contributed by atoms with Crippen LogP contribution in [-0.2, 0) is 15.0 Å². The summed E-state index contributed by atoms with van der Waals surface area (Å²) in [6, 6.07) is 6.26. The Morgan fingerprint density at radius 3 is 2.19 bits per heavy atom. The summed E-state index contributed by atoms with van der Waals surface area (Å²) in [7, 11) is 0. The molecule has 0 aliphatic rings. The number of nitrogens with two attached hydrogens (primary N) is 1. The minimum absolute atomic E-state index is 0.228. The van der Waals surface area contributed by atoms with E-state index in [1.54, 1.807) is 38.1 Å². The van der Waals surface area contributed by atoms with Gasteiger partial charge in [0, 0.05) is 5.69 Å². The van der Waals surface area contributed by atoms with E-state index in [0.717, 1.165) is 0 Å². The van der Waals surface area contributed by atoms with E-state index in [1.165, 1.54) is 0 Å². The van der Waals surface area contributed by atoms with Crippen molar-refractivity contribution in [2.45, 2.75) is 45.6 Å². The van der Waals surface area contributed by atoms with Gasteiger partial charge < -0.3 is 16.2 Å². The van der Waals surface area contributed by atoms with Gasteiger partial charge >= 0.3 is 5.97 Å². The van der Waals surface area contributed by atoms with Crippen LogP contribution in [-0.4, -0.2) is 23.0 Å². The van der Waals surface area contributed by atoms with Crippen molar-refractivity contribution in [3.05, 3.63) is 29.8 Å². The normalized spacial score (nSPS) is 13.0. The number of amides is 1. The van der Waals surface area contributed by atoms with Crippen molar-refractivity contribution < 1.29 is 14.7 Å². The molecule has 1 rings (SSSR count). The Hall–Kier alpha value is -1.88. The molecule has 1 aromatic carbocycles. The van der Waals surface area contributed by atoms with Crippen molar-refractivity contribution in [2.75, 3.05) is 5.32 Å². The average Bonchev–Trinajstić information content (AvgIpc) is 2.38. The highest BCUT2D eigenvalue weighted by molar-refractivity contribution is 5.94. The molecule has 5 nitrogen and oxygen atoms in total. The van der Waals surface area contributed by atoms with Crippen LogP contribution in [0.2, 0.25) is 0 Å². The number of carboxylic acids is 1. The number of carbonyl (C=O) groups excluding carboxylic acids is 1. The number of anilines is 1. The van der Waals surface area contributed by atoms with E-state index >= 15 is 0 Å².